The van der Waals surface area contributed by atoms with Gasteiger partial charge in [0.25, 0.3) is 0 Å². The number of fused-ring (bicyclic) bond motifs is 2. The van der Waals surface area contributed by atoms with Crippen molar-refractivity contribution in [2.75, 3.05) is 18.1 Å². The van der Waals surface area contributed by atoms with Crippen molar-refractivity contribution in [1.82, 2.24) is 5.32 Å². The van der Waals surface area contributed by atoms with E-state index in [0.29, 0.717) is 12.1 Å². The van der Waals surface area contributed by atoms with Crippen molar-refractivity contribution in [3.8, 4) is 5.75 Å². The smallest absolute Gasteiger partial charge is 0.123 e. The fourth-order valence-corrected chi connectivity index (χ4v) is 6.90. The Balaban J connectivity index is 1.31. The van der Waals surface area contributed by atoms with E-state index in [4.69, 9.17) is 4.74 Å². The molecule has 108 valence electrons. The Morgan fingerprint density at radius 2 is 2.05 bits per heavy atom. The Bertz CT molecular complexity index is 456. The predicted octanol–water partition coefficient (Wildman–Crippen LogP) is 2.96. The highest BCUT2D eigenvalue weighted by Gasteiger charge is 2.38. The first kappa shape index (κ1) is 13.4. The van der Waals surface area contributed by atoms with Crippen LogP contribution in [0.1, 0.15) is 18.4 Å². The van der Waals surface area contributed by atoms with E-state index >= 15 is 0 Å². The molecule has 4 heteroatoms. The van der Waals surface area contributed by atoms with E-state index in [1.54, 1.807) is 0 Å². The van der Waals surface area contributed by atoms with Gasteiger partial charge in [-0.2, -0.15) is 23.5 Å². The quantitative estimate of drug-likeness (QED) is 0.926. The van der Waals surface area contributed by atoms with Gasteiger partial charge in [-0.15, -0.1) is 0 Å². The van der Waals surface area contributed by atoms with Gasteiger partial charge in [0.15, 0.2) is 0 Å². The van der Waals surface area contributed by atoms with Crippen molar-refractivity contribution < 1.29 is 4.74 Å². The lowest BCUT2D eigenvalue weighted by molar-refractivity contribution is 0.222. The van der Waals surface area contributed by atoms with Gasteiger partial charge in [0.1, 0.15) is 11.9 Å². The Kier molecular flexibility index (Phi) is 3.88. The van der Waals surface area contributed by atoms with E-state index in [0.717, 1.165) is 29.2 Å². The fraction of sp³-hybridized carbons (Fsp3) is 0.625. The third-order valence-corrected chi connectivity index (χ3v) is 7.88. The lowest BCUT2D eigenvalue weighted by Gasteiger charge is -2.29. The van der Waals surface area contributed by atoms with Gasteiger partial charge in [-0.25, -0.2) is 0 Å². The van der Waals surface area contributed by atoms with Gasteiger partial charge in [-0.1, -0.05) is 18.2 Å². The summed E-state index contributed by atoms with van der Waals surface area (Å²) >= 11 is 4.38. The second kappa shape index (κ2) is 5.82. The fourth-order valence-electron chi connectivity index (χ4n) is 3.59. The van der Waals surface area contributed by atoms with Gasteiger partial charge >= 0.3 is 0 Å². The molecule has 1 saturated carbocycles. The van der Waals surface area contributed by atoms with Crippen LogP contribution in [0, 0.1) is 0 Å². The van der Waals surface area contributed by atoms with Crippen molar-refractivity contribution in [1.29, 1.82) is 0 Å². The van der Waals surface area contributed by atoms with Crippen molar-refractivity contribution in [2.45, 2.75) is 41.9 Å². The van der Waals surface area contributed by atoms with Crippen LogP contribution >= 0.6 is 23.5 Å². The lowest BCUT2D eigenvalue weighted by Crippen LogP contribution is -2.43. The van der Waals surface area contributed by atoms with E-state index in [1.165, 1.54) is 29.9 Å². The van der Waals surface area contributed by atoms with Gasteiger partial charge in [0.05, 0.1) is 0 Å². The molecule has 1 aromatic rings. The topological polar surface area (TPSA) is 21.3 Å². The number of hydrogen-bond donors (Lipinski definition) is 1. The molecule has 2 nitrogen and oxygen atoms in total. The normalized spacial score (nSPS) is 35.4. The summed E-state index contributed by atoms with van der Waals surface area (Å²) in [6.07, 6.45) is 4.12. The zero-order valence-electron chi connectivity index (χ0n) is 11.6. The van der Waals surface area contributed by atoms with Gasteiger partial charge in [-0.05, 0) is 24.5 Å². The zero-order valence-corrected chi connectivity index (χ0v) is 13.2. The van der Waals surface area contributed by atoms with Gasteiger partial charge in [-0.3, -0.25) is 0 Å². The van der Waals surface area contributed by atoms with Crippen LogP contribution in [0.25, 0.3) is 0 Å². The average Bonchev–Trinajstić information content (AvgIpc) is 3.08. The Labute approximate surface area is 129 Å². The number of rotatable bonds is 3. The number of hydrogen-bond acceptors (Lipinski definition) is 4. The van der Waals surface area contributed by atoms with Gasteiger partial charge in [0, 0.05) is 41.0 Å². The zero-order chi connectivity index (χ0) is 13.4. The highest BCUT2D eigenvalue weighted by Crippen LogP contribution is 2.42. The first-order valence-electron chi connectivity index (χ1n) is 7.61. The lowest BCUT2D eigenvalue weighted by atomic mass is 10.1. The van der Waals surface area contributed by atoms with Crippen LogP contribution in [0.2, 0.25) is 0 Å². The molecule has 20 heavy (non-hydrogen) atoms. The van der Waals surface area contributed by atoms with Crippen molar-refractivity contribution in [2.24, 2.45) is 0 Å². The molecule has 2 heterocycles. The molecular weight excluding hydrogens is 286 g/mol. The summed E-state index contributed by atoms with van der Waals surface area (Å²) in [7, 11) is 0. The van der Waals surface area contributed by atoms with Gasteiger partial charge in [0.2, 0.25) is 0 Å². The number of benzene rings is 1. The number of ether oxygens (including phenoxy) is 1. The molecule has 0 spiro atoms. The van der Waals surface area contributed by atoms with Crippen LogP contribution in [0.4, 0.5) is 0 Å². The van der Waals surface area contributed by atoms with Crippen LogP contribution in [0.3, 0.4) is 0 Å². The summed E-state index contributed by atoms with van der Waals surface area (Å²) in [5, 5.41) is 5.53. The number of thioether (sulfide) groups is 2. The first-order chi connectivity index (χ1) is 9.90. The number of nitrogens with one attached hydrogen (secondary N) is 1. The summed E-state index contributed by atoms with van der Waals surface area (Å²) in [4.78, 5) is 0. The highest BCUT2D eigenvalue weighted by molar-refractivity contribution is 8.07. The minimum atomic E-state index is 0.327. The Hall–Kier alpha value is -0.320. The van der Waals surface area contributed by atoms with Crippen LogP contribution in [0.5, 0.6) is 5.75 Å². The summed E-state index contributed by atoms with van der Waals surface area (Å²) in [5.41, 5.74) is 1.37. The maximum Gasteiger partial charge on any atom is 0.123 e. The Morgan fingerprint density at radius 1 is 1.15 bits per heavy atom. The molecular formula is C16H21NOS2. The molecule has 1 aromatic carbocycles. The second-order valence-corrected chi connectivity index (χ2v) is 8.52. The predicted molar refractivity (Wildman–Crippen MR) is 88.1 cm³/mol. The molecule has 4 atom stereocenters. The molecule has 1 aliphatic carbocycles. The largest absolute Gasteiger partial charge is 0.488 e. The highest BCUT2D eigenvalue weighted by atomic mass is 32.2. The van der Waals surface area contributed by atoms with Crippen LogP contribution in [-0.4, -0.2) is 40.7 Å². The standard InChI is InChI=1S/C16H21NOS2/c1-2-4-14-11(3-1)9-12(18-14)10-17-13-5-6-15-16(13)20-8-7-19-15/h1-4,12-13,15-17H,5-10H2/t12-,13-,15+,16-/m1/s1. The maximum atomic E-state index is 6.03. The summed E-state index contributed by atoms with van der Waals surface area (Å²) in [5.74, 6) is 3.76. The molecule has 0 aromatic heterocycles. The van der Waals surface area contributed by atoms with E-state index in [2.05, 4.69) is 53.1 Å². The van der Waals surface area contributed by atoms with Crippen molar-refractivity contribution in [3.05, 3.63) is 29.8 Å². The van der Waals surface area contributed by atoms with Crippen LogP contribution in [0.15, 0.2) is 24.3 Å². The van der Waals surface area contributed by atoms with E-state index in [1.807, 2.05) is 0 Å². The summed E-state index contributed by atoms with van der Waals surface area (Å²) in [6.45, 7) is 0.994. The molecule has 0 amide bonds. The van der Waals surface area contributed by atoms with Crippen molar-refractivity contribution in [3.63, 3.8) is 0 Å². The number of para-hydroxylation sites is 1. The third kappa shape index (κ3) is 2.58. The minimum Gasteiger partial charge on any atom is -0.488 e. The molecule has 0 unspecified atom stereocenters. The molecule has 2 aliphatic heterocycles. The monoisotopic (exact) mass is 307 g/mol. The van der Waals surface area contributed by atoms with Crippen LogP contribution < -0.4 is 10.1 Å². The molecule has 1 saturated heterocycles. The average molecular weight is 307 g/mol. The van der Waals surface area contributed by atoms with Crippen molar-refractivity contribution >= 4 is 23.5 Å². The molecule has 0 bridgehead atoms. The Morgan fingerprint density at radius 3 is 3.00 bits per heavy atom. The molecule has 3 aliphatic rings. The van der Waals surface area contributed by atoms with Crippen LogP contribution in [-0.2, 0) is 6.42 Å². The van der Waals surface area contributed by atoms with E-state index in [-0.39, 0.29) is 0 Å². The summed E-state index contributed by atoms with van der Waals surface area (Å²) in [6, 6.07) is 9.15. The molecule has 2 fully saturated rings. The molecule has 1 N–H and O–H groups in total. The third-order valence-electron chi connectivity index (χ3n) is 4.57. The summed E-state index contributed by atoms with van der Waals surface area (Å²) < 4.78 is 6.03. The SMILES string of the molecule is c1ccc2c(c1)C[C@H](CN[C@@H]1CC[C@@H]3SCCS[C@@H]31)O2. The first-order valence-corrected chi connectivity index (χ1v) is 9.71. The minimum absolute atomic E-state index is 0.327. The maximum absolute atomic E-state index is 6.03. The second-order valence-electron chi connectivity index (χ2n) is 5.89. The molecule has 0 radical (unpaired) electrons. The van der Waals surface area contributed by atoms with E-state index in [9.17, 15) is 0 Å². The molecule has 4 rings (SSSR count). The van der Waals surface area contributed by atoms with Gasteiger partial charge < -0.3 is 10.1 Å². The van der Waals surface area contributed by atoms with E-state index < -0.39 is 0 Å².